The number of aromatic nitrogens is 3. The summed E-state index contributed by atoms with van der Waals surface area (Å²) in [6, 6.07) is 15.7. The van der Waals surface area contributed by atoms with Crippen LogP contribution in [0.25, 0.3) is 16.1 Å². The van der Waals surface area contributed by atoms with Crippen LogP contribution in [0.3, 0.4) is 0 Å². The number of piperidine rings is 1. The number of hydrogen-bond acceptors (Lipinski definition) is 6. The van der Waals surface area contributed by atoms with E-state index in [2.05, 4.69) is 15.5 Å². The largest absolute Gasteiger partial charge is 0.339 e. The van der Waals surface area contributed by atoms with E-state index in [0.717, 1.165) is 54.0 Å². The van der Waals surface area contributed by atoms with Crippen LogP contribution in [0.5, 0.6) is 0 Å². The minimum absolute atomic E-state index is 0.00188. The standard InChI is InChI=1S/C25H25N5O2S2/c1-17-21(24(32)29-13-7-3-8-14-29)23(34-22(17)18-10-4-2-5-11-18)26-20(31)16-33-25-28-27-19-12-6-9-15-30(19)25/h2,4-6,9-12,15H,3,7-8,13-14,16H2,1H3,(H,26,31). The molecule has 4 heterocycles. The number of pyridine rings is 1. The van der Waals surface area contributed by atoms with Gasteiger partial charge in [0.15, 0.2) is 10.8 Å². The zero-order valence-corrected chi connectivity index (χ0v) is 20.5. The monoisotopic (exact) mass is 491 g/mol. The van der Waals surface area contributed by atoms with Crippen molar-refractivity contribution in [2.45, 2.75) is 31.3 Å². The number of nitrogens with one attached hydrogen (secondary N) is 1. The molecule has 1 aromatic carbocycles. The van der Waals surface area contributed by atoms with E-state index in [0.29, 0.717) is 15.7 Å². The van der Waals surface area contributed by atoms with Crippen LogP contribution in [-0.4, -0.2) is 50.2 Å². The molecule has 2 amide bonds. The Morgan fingerprint density at radius 2 is 1.79 bits per heavy atom. The molecule has 174 valence electrons. The number of rotatable bonds is 6. The van der Waals surface area contributed by atoms with Crippen molar-refractivity contribution in [3.8, 4) is 10.4 Å². The van der Waals surface area contributed by atoms with Crippen LogP contribution in [0.2, 0.25) is 0 Å². The van der Waals surface area contributed by atoms with Gasteiger partial charge in [-0.3, -0.25) is 14.0 Å². The van der Waals surface area contributed by atoms with Gasteiger partial charge in [0, 0.05) is 24.2 Å². The molecule has 0 unspecified atom stereocenters. The molecule has 7 nitrogen and oxygen atoms in total. The first-order chi connectivity index (χ1) is 16.6. The molecule has 5 rings (SSSR count). The third-order valence-electron chi connectivity index (χ3n) is 5.91. The molecular formula is C25H25N5O2S2. The SMILES string of the molecule is Cc1c(-c2ccccc2)sc(NC(=O)CSc2nnc3ccccn23)c1C(=O)N1CCCCC1. The second-order valence-electron chi connectivity index (χ2n) is 8.23. The molecule has 0 atom stereocenters. The number of benzene rings is 1. The summed E-state index contributed by atoms with van der Waals surface area (Å²) >= 11 is 2.78. The minimum Gasteiger partial charge on any atom is -0.339 e. The molecule has 9 heteroatoms. The average Bonchev–Trinajstić information content (AvgIpc) is 3.44. The second kappa shape index (κ2) is 9.99. The fourth-order valence-corrected chi connectivity index (χ4v) is 6.13. The van der Waals surface area contributed by atoms with E-state index in [-0.39, 0.29) is 17.6 Å². The van der Waals surface area contributed by atoms with Crippen LogP contribution >= 0.6 is 23.1 Å². The molecule has 0 radical (unpaired) electrons. The van der Waals surface area contributed by atoms with E-state index in [1.807, 2.05) is 71.0 Å². The Bertz CT molecular complexity index is 1330. The van der Waals surface area contributed by atoms with Gasteiger partial charge < -0.3 is 10.2 Å². The molecule has 3 aromatic heterocycles. The maximum Gasteiger partial charge on any atom is 0.257 e. The van der Waals surface area contributed by atoms with Gasteiger partial charge in [0.1, 0.15) is 5.00 Å². The molecule has 4 aromatic rings. The van der Waals surface area contributed by atoms with E-state index >= 15 is 0 Å². The second-order valence-corrected chi connectivity index (χ2v) is 10.2. The molecular weight excluding hydrogens is 466 g/mol. The van der Waals surface area contributed by atoms with Crippen molar-refractivity contribution in [3.05, 3.63) is 65.9 Å². The molecule has 0 bridgehead atoms. The number of fused-ring (bicyclic) bond motifs is 1. The fraction of sp³-hybridized carbons (Fsp3) is 0.280. The van der Waals surface area contributed by atoms with E-state index < -0.39 is 0 Å². The van der Waals surface area contributed by atoms with Gasteiger partial charge in [-0.25, -0.2) is 0 Å². The average molecular weight is 492 g/mol. The zero-order valence-electron chi connectivity index (χ0n) is 18.9. The van der Waals surface area contributed by atoms with Crippen LogP contribution in [0.15, 0.2) is 59.9 Å². The maximum absolute atomic E-state index is 13.5. The molecule has 1 aliphatic heterocycles. The Balaban J connectivity index is 1.40. The lowest BCUT2D eigenvalue weighted by atomic mass is 10.0. The highest BCUT2D eigenvalue weighted by Crippen LogP contribution is 2.41. The molecule has 0 spiro atoms. The van der Waals surface area contributed by atoms with Crippen molar-refractivity contribution >= 4 is 45.6 Å². The molecule has 1 N–H and O–H groups in total. The number of carbonyl (C=O) groups excluding carboxylic acids is 2. The first-order valence-electron chi connectivity index (χ1n) is 11.3. The number of amides is 2. The predicted molar refractivity (Wildman–Crippen MR) is 137 cm³/mol. The van der Waals surface area contributed by atoms with Gasteiger partial charge >= 0.3 is 0 Å². The lowest BCUT2D eigenvalue weighted by Gasteiger charge is -2.27. The summed E-state index contributed by atoms with van der Waals surface area (Å²) in [4.78, 5) is 29.4. The Labute approximate surface area is 206 Å². The summed E-state index contributed by atoms with van der Waals surface area (Å²) in [5, 5.41) is 12.6. The van der Waals surface area contributed by atoms with Crippen molar-refractivity contribution in [2.75, 3.05) is 24.2 Å². The van der Waals surface area contributed by atoms with Crippen molar-refractivity contribution in [1.82, 2.24) is 19.5 Å². The van der Waals surface area contributed by atoms with Crippen LogP contribution in [0.4, 0.5) is 5.00 Å². The van der Waals surface area contributed by atoms with Crippen LogP contribution in [-0.2, 0) is 4.79 Å². The van der Waals surface area contributed by atoms with Gasteiger partial charge in [-0.1, -0.05) is 48.2 Å². The maximum atomic E-state index is 13.5. The Hall–Kier alpha value is -3.17. The summed E-state index contributed by atoms with van der Waals surface area (Å²) in [5.74, 6) is -0.00162. The van der Waals surface area contributed by atoms with E-state index in [4.69, 9.17) is 0 Å². The van der Waals surface area contributed by atoms with Crippen LogP contribution < -0.4 is 5.32 Å². The number of thioether (sulfide) groups is 1. The third-order valence-corrected chi connectivity index (χ3v) is 8.11. The van der Waals surface area contributed by atoms with Crippen LogP contribution in [0.1, 0.15) is 35.2 Å². The van der Waals surface area contributed by atoms with Gasteiger partial charge in [-0.2, -0.15) is 0 Å². The fourth-order valence-electron chi connectivity index (χ4n) is 4.19. The van der Waals surface area contributed by atoms with Crippen molar-refractivity contribution in [2.24, 2.45) is 0 Å². The number of likely N-dealkylation sites (tertiary alicyclic amines) is 1. The summed E-state index contributed by atoms with van der Waals surface area (Å²) in [6.45, 7) is 3.50. The summed E-state index contributed by atoms with van der Waals surface area (Å²) in [5.41, 5.74) is 3.30. The first kappa shape index (κ1) is 22.6. The first-order valence-corrected chi connectivity index (χ1v) is 13.1. The molecule has 1 fully saturated rings. The lowest BCUT2D eigenvalue weighted by molar-refractivity contribution is -0.113. The van der Waals surface area contributed by atoms with Crippen molar-refractivity contribution in [3.63, 3.8) is 0 Å². The predicted octanol–water partition coefficient (Wildman–Crippen LogP) is 5.12. The van der Waals surface area contributed by atoms with E-state index in [1.54, 1.807) is 0 Å². The molecule has 0 aliphatic carbocycles. The molecule has 34 heavy (non-hydrogen) atoms. The summed E-state index contributed by atoms with van der Waals surface area (Å²) < 4.78 is 1.85. The van der Waals surface area contributed by atoms with Crippen LogP contribution in [0, 0.1) is 6.92 Å². The van der Waals surface area contributed by atoms with Crippen molar-refractivity contribution in [1.29, 1.82) is 0 Å². The van der Waals surface area contributed by atoms with E-state index in [1.165, 1.54) is 23.1 Å². The Morgan fingerprint density at radius 3 is 2.59 bits per heavy atom. The normalized spacial score (nSPS) is 13.9. The highest BCUT2D eigenvalue weighted by Gasteiger charge is 2.27. The van der Waals surface area contributed by atoms with Gasteiger partial charge in [0.2, 0.25) is 5.91 Å². The van der Waals surface area contributed by atoms with E-state index in [9.17, 15) is 9.59 Å². The topological polar surface area (TPSA) is 79.6 Å². The Kier molecular flexibility index (Phi) is 6.64. The number of thiophene rings is 1. The quantitative estimate of drug-likeness (QED) is 0.379. The smallest absolute Gasteiger partial charge is 0.257 e. The van der Waals surface area contributed by atoms with Crippen molar-refractivity contribution < 1.29 is 9.59 Å². The van der Waals surface area contributed by atoms with Gasteiger partial charge in [-0.15, -0.1) is 21.5 Å². The molecule has 1 aliphatic rings. The number of anilines is 1. The lowest BCUT2D eigenvalue weighted by Crippen LogP contribution is -2.36. The minimum atomic E-state index is -0.175. The van der Waals surface area contributed by atoms with Gasteiger partial charge in [0.05, 0.1) is 11.3 Å². The van der Waals surface area contributed by atoms with Gasteiger partial charge in [-0.05, 0) is 49.4 Å². The highest BCUT2D eigenvalue weighted by atomic mass is 32.2. The summed E-state index contributed by atoms with van der Waals surface area (Å²) in [7, 11) is 0. The number of nitrogens with zero attached hydrogens (tertiary/aromatic N) is 4. The summed E-state index contributed by atoms with van der Waals surface area (Å²) in [6.07, 6.45) is 5.07. The number of carbonyl (C=O) groups is 2. The zero-order chi connectivity index (χ0) is 23.5. The number of hydrogen-bond donors (Lipinski definition) is 1. The molecule has 0 saturated carbocycles. The third kappa shape index (κ3) is 4.58. The molecule has 1 saturated heterocycles. The Morgan fingerprint density at radius 1 is 1.03 bits per heavy atom. The highest BCUT2D eigenvalue weighted by molar-refractivity contribution is 7.99. The van der Waals surface area contributed by atoms with Gasteiger partial charge in [0.25, 0.3) is 5.91 Å².